The number of carboxylic acid groups (broad SMARTS) is 1. The van der Waals surface area contributed by atoms with Gasteiger partial charge in [0.25, 0.3) is 11.8 Å². The summed E-state index contributed by atoms with van der Waals surface area (Å²) in [6.45, 7) is 14.5. The molecule has 8 heterocycles. The van der Waals surface area contributed by atoms with Gasteiger partial charge in [0, 0.05) is 122 Å². The van der Waals surface area contributed by atoms with Gasteiger partial charge in [0.2, 0.25) is 41.0 Å². The molecule has 34 heteroatoms. The van der Waals surface area contributed by atoms with Crippen LogP contribution < -0.4 is 20.1 Å². The first-order chi connectivity index (χ1) is 55.8. The van der Waals surface area contributed by atoms with Crippen LogP contribution in [0, 0.1) is 29.2 Å². The van der Waals surface area contributed by atoms with Crippen LogP contribution in [0.3, 0.4) is 0 Å². The van der Waals surface area contributed by atoms with Crippen molar-refractivity contribution in [3.05, 3.63) is 223 Å². The number of likely N-dealkylation sites (tertiary alicyclic amines) is 2. The SMILES string of the molecule is CC[C@@H](C)C(=O)N[C@H](C(=O)N1C[C@@H](Oc2ccc(F)cc2)C[C@H]1CN(CCc1ccc(F)cc1)C(=O)c1cn2cccnc2n1)[C@@H](C)OC.CO[C@H](C)[C@H](NC(=O)[C@H](C)N(C)C(=O)OC(C)(C)C)C(=O)N1C[C@@H](Oc2ccc(F)cc2)C[C@H]1CN(CCc1ccc(F)cc1)C(=O)c1cn2cccnc2n1.O=C(O)c1cn2cccnc2n1. The fourth-order valence-corrected chi connectivity index (χ4v) is 13.0. The van der Waals surface area contributed by atoms with E-state index in [1.807, 2.05) is 6.92 Å². The lowest BCUT2D eigenvalue weighted by atomic mass is 10.1. The number of hydrogen-bond acceptors (Lipinski definition) is 19. The van der Waals surface area contributed by atoms with Gasteiger partial charge in [-0.15, -0.1) is 0 Å². The number of fused-ring (bicyclic) bond motifs is 3. The normalized spacial score (nSPS) is 16.7. The number of rotatable bonds is 29. The summed E-state index contributed by atoms with van der Waals surface area (Å²) < 4.78 is 88.6. The van der Waals surface area contributed by atoms with Gasteiger partial charge >= 0.3 is 12.1 Å². The molecule has 0 aliphatic carbocycles. The molecule has 6 aromatic heterocycles. The fourth-order valence-electron chi connectivity index (χ4n) is 13.0. The largest absolute Gasteiger partial charge is 0.489 e. The lowest BCUT2D eigenvalue weighted by Crippen LogP contribution is -2.59. The molecule has 2 aliphatic heterocycles. The van der Waals surface area contributed by atoms with E-state index in [1.54, 1.807) is 166 Å². The Morgan fingerprint density at radius 3 is 1.25 bits per heavy atom. The number of nitrogens with one attached hydrogen (secondary N) is 2. The lowest BCUT2D eigenvalue weighted by Gasteiger charge is -2.35. The Bertz CT molecular complexity index is 4950. The van der Waals surface area contributed by atoms with Crippen molar-refractivity contribution in [1.29, 1.82) is 0 Å². The maximum absolute atomic E-state index is 14.7. The van der Waals surface area contributed by atoms with Crippen LogP contribution in [0.15, 0.2) is 171 Å². The zero-order chi connectivity index (χ0) is 84.4. The molecule has 0 spiro atoms. The van der Waals surface area contributed by atoms with E-state index in [1.165, 1.54) is 107 Å². The zero-order valence-electron chi connectivity index (χ0n) is 66.7. The molecule has 117 heavy (non-hydrogen) atoms. The average Bonchev–Trinajstić information content (AvgIpc) is 1.68. The van der Waals surface area contributed by atoms with Crippen molar-refractivity contribution in [2.24, 2.45) is 5.92 Å². The van der Waals surface area contributed by atoms with Crippen molar-refractivity contribution in [2.45, 2.75) is 148 Å². The number of aromatic carboxylic acids is 1. The van der Waals surface area contributed by atoms with Crippen molar-refractivity contribution in [3.8, 4) is 11.5 Å². The highest BCUT2D eigenvalue weighted by Gasteiger charge is 2.45. The number of ether oxygens (including phenoxy) is 5. The second kappa shape index (κ2) is 39.7. The molecule has 10 aromatic rings. The standard InChI is InChI=1S/C40H49F2N7O7.C36H42F2N6O5.C7H5N3O2/c1-25(46(6)39(53)56-40(3,4)5)35(50)45-34(26(2)54-7)37(52)49-23-32(55-31-15-13-29(42)14-16-31)21-30(49)22-47(20-17-27-9-11-28(41)12-10-27)36(51)33-24-48-19-8-18-43-38(48)44-33;1-5-23(2)33(45)41-32(24(3)48-4)35(47)44-21-30(49-29-13-11-27(38)12-14-29)19-28(44)20-42(18-15-25-7-9-26(37)10-8-25)34(46)31-22-43-17-6-16-39-36(43)40-31;11-6(12)5-4-10-3-1-2-8-7(10)9-5/h8-16,18-19,24-26,30,32,34H,17,20-23H2,1-7H3,(H,45,50);6-14,16-17,22-24,28,30,32H,5,15,18-21H2,1-4H3,(H,41,45);1-4H,(H,11,12)/t25-,26+,30-,32-,34-;23-,24-,28+,30+,32+;/m01./s1. The number of halogens is 4. The Morgan fingerprint density at radius 1 is 0.538 bits per heavy atom. The Hall–Kier alpha value is -12.5. The van der Waals surface area contributed by atoms with Crippen LogP contribution in [0.4, 0.5) is 22.4 Å². The molecule has 12 rings (SSSR count). The topological polar surface area (TPSA) is 334 Å². The maximum Gasteiger partial charge on any atom is 0.410 e. The predicted octanol–water partition coefficient (Wildman–Crippen LogP) is 9.25. The van der Waals surface area contributed by atoms with Gasteiger partial charge in [-0.3, -0.25) is 46.9 Å². The van der Waals surface area contributed by atoms with Crippen molar-refractivity contribution in [3.63, 3.8) is 0 Å². The van der Waals surface area contributed by atoms with E-state index in [2.05, 4.69) is 40.5 Å². The minimum absolute atomic E-state index is 0.00806. The quantitative estimate of drug-likeness (QED) is 0.0367. The fraction of sp³-hybridized carbons (Fsp3) is 0.398. The van der Waals surface area contributed by atoms with Crippen molar-refractivity contribution in [2.75, 3.05) is 60.5 Å². The van der Waals surface area contributed by atoms with E-state index in [0.29, 0.717) is 54.5 Å². The van der Waals surface area contributed by atoms with E-state index in [-0.39, 0.29) is 98.0 Å². The number of benzene rings is 4. The second-order valence-electron chi connectivity index (χ2n) is 29.5. The molecule has 4 aromatic carbocycles. The summed E-state index contributed by atoms with van der Waals surface area (Å²) >= 11 is 0. The van der Waals surface area contributed by atoms with E-state index >= 15 is 0 Å². The molecule has 2 fully saturated rings. The highest BCUT2D eigenvalue weighted by molar-refractivity contribution is 5.95. The van der Waals surface area contributed by atoms with Crippen LogP contribution in [0.25, 0.3) is 17.3 Å². The number of hydrogen-bond donors (Lipinski definition) is 3. The van der Waals surface area contributed by atoms with Crippen LogP contribution in [-0.4, -0.2) is 241 Å². The highest BCUT2D eigenvalue weighted by Crippen LogP contribution is 2.30. The lowest BCUT2D eigenvalue weighted by molar-refractivity contribution is -0.142. The van der Waals surface area contributed by atoms with Gasteiger partial charge in [0.05, 0.1) is 37.4 Å². The third-order valence-electron chi connectivity index (χ3n) is 20.0. The molecule has 620 valence electrons. The third-order valence-corrected chi connectivity index (χ3v) is 20.0. The minimum atomic E-state index is -1.21. The number of carbonyl (C=O) groups is 8. The molecule has 30 nitrogen and oxygen atoms in total. The summed E-state index contributed by atoms with van der Waals surface area (Å²) in [5.74, 6) is -3.56. The summed E-state index contributed by atoms with van der Waals surface area (Å²) in [5.41, 5.74) is 1.15. The van der Waals surface area contributed by atoms with E-state index in [9.17, 15) is 55.9 Å². The molecule has 0 saturated carbocycles. The summed E-state index contributed by atoms with van der Waals surface area (Å²) in [7, 11) is 4.32. The van der Waals surface area contributed by atoms with Gasteiger partial charge in [-0.05, 0) is 163 Å². The Kier molecular flexibility index (Phi) is 29.5. The predicted molar refractivity (Wildman–Crippen MR) is 420 cm³/mol. The monoisotopic (exact) mass is 1620 g/mol. The minimum Gasteiger partial charge on any atom is -0.489 e. The molecule has 0 bridgehead atoms. The first-order valence-corrected chi connectivity index (χ1v) is 38.1. The number of amides is 7. The first kappa shape index (κ1) is 86.9. The van der Waals surface area contributed by atoms with Gasteiger partial charge < -0.3 is 59.0 Å². The van der Waals surface area contributed by atoms with Gasteiger partial charge in [-0.1, -0.05) is 38.1 Å². The molecule has 7 amide bonds. The van der Waals surface area contributed by atoms with Crippen LogP contribution >= 0.6 is 0 Å². The first-order valence-electron chi connectivity index (χ1n) is 38.1. The van der Waals surface area contributed by atoms with Gasteiger partial charge in [0.1, 0.15) is 82.1 Å². The molecule has 2 aliphatic rings. The smallest absolute Gasteiger partial charge is 0.410 e. The van der Waals surface area contributed by atoms with Crippen LogP contribution in [0.5, 0.6) is 11.5 Å². The molecule has 0 unspecified atom stereocenters. The molecule has 3 N–H and O–H groups in total. The number of nitrogens with zero attached hydrogens (tertiary/aromatic N) is 14. The van der Waals surface area contributed by atoms with Crippen molar-refractivity contribution < 1.29 is 84.7 Å². The van der Waals surface area contributed by atoms with Crippen LogP contribution in [0.2, 0.25) is 0 Å². The molecule has 10 atom stereocenters. The molecule has 2 saturated heterocycles. The van der Waals surface area contributed by atoms with Crippen LogP contribution in [0.1, 0.15) is 117 Å². The summed E-state index contributed by atoms with van der Waals surface area (Å²) in [6.07, 6.45) is 13.3. The number of imidazole rings is 3. The molecular formula is C83H96F4N16O14. The average molecular weight is 1620 g/mol. The summed E-state index contributed by atoms with van der Waals surface area (Å²) in [5, 5.41) is 14.3. The second-order valence-corrected chi connectivity index (χ2v) is 29.5. The van der Waals surface area contributed by atoms with Crippen molar-refractivity contribution >= 4 is 64.8 Å². The van der Waals surface area contributed by atoms with Gasteiger partial charge in [-0.2, -0.15) is 0 Å². The number of carbonyl (C=O) groups excluding carboxylic acids is 7. The number of aromatic nitrogens is 9. The molecular weight excluding hydrogens is 1520 g/mol. The Labute approximate surface area is 673 Å². The zero-order valence-corrected chi connectivity index (χ0v) is 66.7. The van der Waals surface area contributed by atoms with Crippen LogP contribution in [-0.2, 0) is 46.2 Å². The van der Waals surface area contributed by atoms with Gasteiger partial charge in [0.15, 0.2) is 5.69 Å². The van der Waals surface area contributed by atoms with Gasteiger partial charge in [-0.25, -0.2) is 57.1 Å². The summed E-state index contributed by atoms with van der Waals surface area (Å²) in [6, 6.07) is 24.0. The third kappa shape index (κ3) is 23.4. The number of likely N-dealkylation sites (N-methyl/N-ethyl adjacent to an activating group) is 1. The van der Waals surface area contributed by atoms with Crippen molar-refractivity contribution in [1.82, 2.24) is 78.2 Å². The van der Waals surface area contributed by atoms with E-state index < -0.39 is 102 Å². The maximum atomic E-state index is 14.7. The molecule has 0 radical (unpaired) electrons. The summed E-state index contributed by atoms with van der Waals surface area (Å²) in [4.78, 5) is 140. The number of carboxylic acids is 1. The number of methoxy groups -OCH3 is 2. The Balaban J connectivity index is 0.000000216. The van der Waals surface area contributed by atoms with E-state index in [0.717, 1.165) is 16.0 Å². The highest BCUT2D eigenvalue weighted by atomic mass is 19.1. The van der Waals surface area contributed by atoms with E-state index in [4.69, 9.17) is 28.8 Å². The Morgan fingerprint density at radius 2 is 0.897 bits per heavy atom.